The predicted octanol–water partition coefficient (Wildman–Crippen LogP) is -0.537. The van der Waals surface area contributed by atoms with Crippen LogP contribution in [0.15, 0.2) is 0 Å². The highest BCUT2D eigenvalue weighted by molar-refractivity contribution is 6.05. The van der Waals surface area contributed by atoms with Gasteiger partial charge in [-0.05, 0) is 13.8 Å². The minimum Gasteiger partial charge on any atom is -0.394 e. The Balaban J connectivity index is 2.57. The smallest absolute Gasteiger partial charge is 0.246 e. The van der Waals surface area contributed by atoms with Crippen molar-refractivity contribution in [2.24, 2.45) is 0 Å². The monoisotopic (exact) mass is 258 g/mol. The molecule has 0 aromatic carbocycles. The molecule has 1 atom stereocenters. The Hall–Kier alpha value is -0.980. The van der Waals surface area contributed by atoms with Crippen LogP contribution in [0.3, 0.4) is 0 Å². The molecule has 1 saturated heterocycles. The summed E-state index contributed by atoms with van der Waals surface area (Å²) in [5.41, 5.74) is 0. The van der Waals surface area contributed by atoms with Gasteiger partial charge >= 0.3 is 0 Å². The molecule has 1 aliphatic heterocycles. The van der Waals surface area contributed by atoms with Crippen molar-refractivity contribution >= 4 is 11.8 Å². The number of amides is 2. The number of likely N-dealkylation sites (tertiary alicyclic amines) is 1. The first-order valence-corrected chi connectivity index (χ1v) is 6.23. The summed E-state index contributed by atoms with van der Waals surface area (Å²) in [4.78, 5) is 26.6. The molecular formula is C12H22N2O4. The van der Waals surface area contributed by atoms with Gasteiger partial charge in [0.05, 0.1) is 32.3 Å². The maximum absolute atomic E-state index is 11.9. The van der Waals surface area contributed by atoms with Crippen molar-refractivity contribution < 1.29 is 19.4 Å². The molecule has 6 nitrogen and oxygen atoms in total. The van der Waals surface area contributed by atoms with Crippen molar-refractivity contribution in [1.82, 2.24) is 9.80 Å². The summed E-state index contributed by atoms with van der Waals surface area (Å²) < 4.78 is 5.21. The van der Waals surface area contributed by atoms with Crippen LogP contribution in [0.25, 0.3) is 0 Å². The lowest BCUT2D eigenvalue weighted by Gasteiger charge is -2.30. The van der Waals surface area contributed by atoms with Crippen molar-refractivity contribution in [3.63, 3.8) is 0 Å². The Kier molecular flexibility index (Phi) is 5.71. The number of rotatable bonds is 7. The highest BCUT2D eigenvalue weighted by atomic mass is 16.5. The maximum Gasteiger partial charge on any atom is 0.246 e. The van der Waals surface area contributed by atoms with Gasteiger partial charge in [0.15, 0.2) is 0 Å². The van der Waals surface area contributed by atoms with Crippen molar-refractivity contribution in [2.45, 2.75) is 32.4 Å². The zero-order chi connectivity index (χ0) is 13.7. The first kappa shape index (κ1) is 15.1. The van der Waals surface area contributed by atoms with Gasteiger partial charge in [-0.2, -0.15) is 0 Å². The zero-order valence-corrected chi connectivity index (χ0v) is 11.3. The molecular weight excluding hydrogens is 236 g/mol. The fourth-order valence-electron chi connectivity index (χ4n) is 2.11. The molecule has 0 spiro atoms. The van der Waals surface area contributed by atoms with E-state index in [-0.39, 0.29) is 36.9 Å². The minimum atomic E-state index is -0.375. The molecule has 1 aliphatic rings. The van der Waals surface area contributed by atoms with E-state index >= 15 is 0 Å². The van der Waals surface area contributed by atoms with E-state index in [9.17, 15) is 9.59 Å². The van der Waals surface area contributed by atoms with E-state index in [1.165, 1.54) is 11.9 Å². The Morgan fingerprint density at radius 2 is 2.11 bits per heavy atom. The fourth-order valence-corrected chi connectivity index (χ4v) is 2.11. The molecule has 0 aromatic rings. The zero-order valence-electron chi connectivity index (χ0n) is 11.3. The highest BCUT2D eigenvalue weighted by Gasteiger charge is 2.40. The maximum atomic E-state index is 11.9. The van der Waals surface area contributed by atoms with Crippen molar-refractivity contribution in [3.8, 4) is 0 Å². The normalized spacial score (nSPS) is 20.6. The van der Waals surface area contributed by atoms with Crippen LogP contribution in [0.4, 0.5) is 0 Å². The second-order valence-corrected chi connectivity index (χ2v) is 4.68. The number of aliphatic hydroxyl groups excluding tert-OH is 1. The summed E-state index contributed by atoms with van der Waals surface area (Å²) in [5, 5.41) is 8.62. The van der Waals surface area contributed by atoms with Crippen molar-refractivity contribution in [2.75, 3.05) is 33.4 Å². The molecule has 0 saturated carbocycles. The van der Waals surface area contributed by atoms with Gasteiger partial charge in [-0.25, -0.2) is 0 Å². The Morgan fingerprint density at radius 1 is 1.44 bits per heavy atom. The molecule has 1 heterocycles. The molecule has 0 aliphatic carbocycles. The van der Waals surface area contributed by atoms with Gasteiger partial charge in [0, 0.05) is 19.6 Å². The quantitative estimate of drug-likeness (QED) is 0.491. The van der Waals surface area contributed by atoms with E-state index in [1.807, 2.05) is 18.7 Å². The standard InChI is InChI=1S/C12H22N2O4/c1-9(2)14(4-6-18-7-5-15)10-8-11(16)13(3)12(10)17/h9-10,15H,4-8H2,1-3H3. The van der Waals surface area contributed by atoms with E-state index < -0.39 is 0 Å². The second kappa shape index (κ2) is 6.82. The van der Waals surface area contributed by atoms with Gasteiger partial charge in [0.25, 0.3) is 0 Å². The van der Waals surface area contributed by atoms with Crippen LogP contribution in [0, 0.1) is 0 Å². The van der Waals surface area contributed by atoms with Crippen LogP contribution in [0.2, 0.25) is 0 Å². The van der Waals surface area contributed by atoms with Crippen molar-refractivity contribution in [3.05, 3.63) is 0 Å². The third-order valence-electron chi connectivity index (χ3n) is 3.15. The third-order valence-corrected chi connectivity index (χ3v) is 3.15. The summed E-state index contributed by atoms with van der Waals surface area (Å²) in [6.07, 6.45) is 0.244. The highest BCUT2D eigenvalue weighted by Crippen LogP contribution is 2.19. The number of carbonyl (C=O) groups is 2. The SMILES string of the molecule is CC(C)N(CCOCCO)C1CC(=O)N(C)C1=O. The van der Waals surface area contributed by atoms with Crippen LogP contribution in [-0.4, -0.2) is 72.2 Å². The lowest BCUT2D eigenvalue weighted by atomic mass is 10.1. The molecule has 0 aromatic heterocycles. The van der Waals surface area contributed by atoms with Crippen LogP contribution in [0.1, 0.15) is 20.3 Å². The van der Waals surface area contributed by atoms with Gasteiger partial charge in [-0.15, -0.1) is 0 Å². The summed E-state index contributed by atoms with van der Waals surface area (Å²) in [5.74, 6) is -0.275. The van der Waals surface area contributed by atoms with Gasteiger partial charge in [-0.3, -0.25) is 19.4 Å². The van der Waals surface area contributed by atoms with Gasteiger partial charge in [-0.1, -0.05) is 0 Å². The first-order valence-electron chi connectivity index (χ1n) is 6.23. The molecule has 1 N–H and O–H groups in total. The number of aliphatic hydroxyl groups is 1. The molecule has 18 heavy (non-hydrogen) atoms. The van der Waals surface area contributed by atoms with Crippen LogP contribution in [-0.2, 0) is 14.3 Å². The lowest BCUT2D eigenvalue weighted by Crippen LogP contribution is -2.46. The van der Waals surface area contributed by atoms with Crippen LogP contribution < -0.4 is 0 Å². The number of ether oxygens (including phenoxy) is 1. The molecule has 6 heteroatoms. The van der Waals surface area contributed by atoms with Crippen LogP contribution in [0.5, 0.6) is 0 Å². The predicted molar refractivity (Wildman–Crippen MR) is 65.9 cm³/mol. The number of nitrogens with zero attached hydrogens (tertiary/aromatic N) is 2. The second-order valence-electron chi connectivity index (χ2n) is 4.68. The number of imide groups is 1. The largest absolute Gasteiger partial charge is 0.394 e. The average molecular weight is 258 g/mol. The Morgan fingerprint density at radius 3 is 2.56 bits per heavy atom. The summed E-state index contributed by atoms with van der Waals surface area (Å²) in [6.45, 7) is 5.29. The molecule has 0 radical (unpaired) electrons. The number of likely N-dealkylation sites (N-methyl/N-ethyl adjacent to an activating group) is 1. The van der Waals surface area contributed by atoms with Gasteiger partial charge < -0.3 is 9.84 Å². The molecule has 1 fully saturated rings. The number of hydrogen-bond donors (Lipinski definition) is 1. The average Bonchev–Trinajstić information content (AvgIpc) is 2.57. The third kappa shape index (κ3) is 3.51. The van der Waals surface area contributed by atoms with E-state index in [4.69, 9.17) is 9.84 Å². The van der Waals surface area contributed by atoms with Crippen molar-refractivity contribution in [1.29, 1.82) is 0 Å². The Bertz CT molecular complexity index is 306. The minimum absolute atomic E-state index is 0.00867. The molecule has 0 bridgehead atoms. The van der Waals surface area contributed by atoms with E-state index in [1.54, 1.807) is 0 Å². The van der Waals surface area contributed by atoms with Gasteiger partial charge in [0.1, 0.15) is 0 Å². The summed E-state index contributed by atoms with van der Waals surface area (Å²) in [7, 11) is 1.52. The van der Waals surface area contributed by atoms with E-state index in [0.29, 0.717) is 19.8 Å². The molecule has 2 amide bonds. The number of carbonyl (C=O) groups excluding carboxylic acids is 2. The van der Waals surface area contributed by atoms with Crippen LogP contribution >= 0.6 is 0 Å². The fraction of sp³-hybridized carbons (Fsp3) is 0.833. The summed E-state index contributed by atoms with van der Waals surface area (Å²) >= 11 is 0. The lowest BCUT2D eigenvalue weighted by molar-refractivity contribution is -0.138. The molecule has 104 valence electrons. The molecule has 1 rings (SSSR count). The topological polar surface area (TPSA) is 70.1 Å². The van der Waals surface area contributed by atoms with Gasteiger partial charge in [0.2, 0.25) is 11.8 Å². The first-order chi connectivity index (χ1) is 8.49. The Labute approximate surface area is 107 Å². The molecule has 1 unspecified atom stereocenters. The van der Waals surface area contributed by atoms with E-state index in [0.717, 1.165) is 0 Å². The number of hydrogen-bond acceptors (Lipinski definition) is 5. The summed E-state index contributed by atoms with van der Waals surface area (Å²) in [6, 6.07) is -0.212. The van der Waals surface area contributed by atoms with E-state index in [2.05, 4.69) is 0 Å².